The third kappa shape index (κ3) is 3.88. The van der Waals surface area contributed by atoms with Gasteiger partial charge in [0.05, 0.1) is 5.54 Å². The zero-order valence-corrected chi connectivity index (χ0v) is 19.2. The molecule has 5 rings (SSSR count). The molecule has 1 saturated carbocycles. The summed E-state index contributed by atoms with van der Waals surface area (Å²) in [6.45, 7) is 8.25. The van der Waals surface area contributed by atoms with Crippen LogP contribution in [0.25, 0.3) is 10.8 Å². The van der Waals surface area contributed by atoms with E-state index in [4.69, 9.17) is 4.74 Å². The molecule has 1 saturated heterocycles. The third-order valence-electron chi connectivity index (χ3n) is 7.16. The zero-order valence-electron chi connectivity index (χ0n) is 19.2. The summed E-state index contributed by atoms with van der Waals surface area (Å²) in [5, 5.41) is 5.80. The lowest BCUT2D eigenvalue weighted by Gasteiger charge is -2.43. The van der Waals surface area contributed by atoms with Gasteiger partial charge >= 0.3 is 0 Å². The molecule has 1 atom stereocenters. The Bertz CT molecular complexity index is 1140. The van der Waals surface area contributed by atoms with E-state index >= 15 is 0 Å². The van der Waals surface area contributed by atoms with Gasteiger partial charge in [-0.1, -0.05) is 48.5 Å². The number of ether oxygens (including phenoxy) is 1. The summed E-state index contributed by atoms with van der Waals surface area (Å²) in [6.07, 6.45) is 3.11. The van der Waals surface area contributed by atoms with E-state index < -0.39 is 0 Å². The number of carbonyl (C=O) groups excluding carboxylic acids is 1. The number of likely N-dealkylation sites (tertiary alicyclic amines) is 1. The van der Waals surface area contributed by atoms with Crippen LogP contribution in [0.4, 0.5) is 0 Å². The van der Waals surface area contributed by atoms with Crippen LogP contribution in [0.15, 0.2) is 60.7 Å². The summed E-state index contributed by atoms with van der Waals surface area (Å²) in [5.41, 5.74) is 2.61. The van der Waals surface area contributed by atoms with Crippen molar-refractivity contribution < 1.29 is 9.53 Å². The van der Waals surface area contributed by atoms with Crippen molar-refractivity contribution in [1.82, 2.24) is 10.2 Å². The van der Waals surface area contributed by atoms with Gasteiger partial charge in [-0.15, -0.1) is 0 Å². The molecular weight excluding hydrogens is 396 g/mol. The quantitative estimate of drug-likeness (QED) is 0.546. The van der Waals surface area contributed by atoms with Gasteiger partial charge in [-0.25, -0.2) is 0 Å². The highest BCUT2D eigenvalue weighted by atomic mass is 16.5. The first-order chi connectivity index (χ1) is 15.5. The molecule has 3 aromatic carbocycles. The molecule has 3 aromatic rings. The maximum absolute atomic E-state index is 13.4. The van der Waals surface area contributed by atoms with E-state index in [-0.39, 0.29) is 11.4 Å². The number of aryl methyl sites for hydroxylation is 1. The predicted octanol–water partition coefficient (Wildman–Crippen LogP) is 5.43. The van der Waals surface area contributed by atoms with Crippen molar-refractivity contribution in [1.29, 1.82) is 0 Å². The van der Waals surface area contributed by atoms with E-state index in [1.54, 1.807) is 0 Å². The highest BCUT2D eigenvalue weighted by molar-refractivity contribution is 5.97. The van der Waals surface area contributed by atoms with Crippen LogP contribution < -0.4 is 10.1 Å². The van der Waals surface area contributed by atoms with Crippen molar-refractivity contribution in [3.8, 4) is 5.75 Å². The number of fused-ring (bicyclic) bond motifs is 1. The van der Waals surface area contributed by atoms with Gasteiger partial charge in [0, 0.05) is 24.2 Å². The number of hydrogen-bond acceptors (Lipinski definition) is 3. The lowest BCUT2D eigenvalue weighted by atomic mass is 9.96. The Labute approximate surface area is 190 Å². The molecule has 0 aromatic heterocycles. The number of hydrogen-bond donors (Lipinski definition) is 1. The van der Waals surface area contributed by atoms with Crippen LogP contribution in [-0.4, -0.2) is 36.0 Å². The minimum absolute atomic E-state index is 0.0224. The first-order valence-corrected chi connectivity index (χ1v) is 11.8. The van der Waals surface area contributed by atoms with Crippen molar-refractivity contribution in [2.75, 3.05) is 13.2 Å². The average molecular weight is 429 g/mol. The molecule has 0 spiro atoms. The van der Waals surface area contributed by atoms with Crippen LogP contribution in [-0.2, 0) is 5.54 Å². The van der Waals surface area contributed by atoms with Crippen molar-refractivity contribution in [2.24, 2.45) is 0 Å². The molecule has 4 heteroatoms. The molecule has 1 aliphatic carbocycles. The maximum atomic E-state index is 13.4. The first kappa shape index (κ1) is 21.0. The Kier molecular flexibility index (Phi) is 5.42. The normalized spacial score (nSPS) is 19.6. The molecule has 1 N–H and O–H groups in total. The van der Waals surface area contributed by atoms with Crippen molar-refractivity contribution in [2.45, 2.75) is 57.7 Å². The van der Waals surface area contributed by atoms with Crippen molar-refractivity contribution in [3.63, 3.8) is 0 Å². The standard InChI is InChI=1S/C28H32N2O2/c1-19(2)30-16-13-22(30)18-32-23-12-11-20(3)25(17-23)27(31)29-28(14-15-28)26-10-6-8-21-7-4-5-9-24(21)26/h4-12,17,19,22H,13-16,18H2,1-3H3,(H,29,31). The van der Waals surface area contributed by atoms with Gasteiger partial charge in [0.15, 0.2) is 0 Å². The molecule has 2 fully saturated rings. The Morgan fingerprint density at radius 3 is 2.62 bits per heavy atom. The van der Waals surface area contributed by atoms with E-state index in [0.717, 1.165) is 30.7 Å². The summed E-state index contributed by atoms with van der Waals surface area (Å²) in [7, 11) is 0. The first-order valence-electron chi connectivity index (χ1n) is 11.8. The molecule has 1 amide bonds. The van der Waals surface area contributed by atoms with Gasteiger partial charge in [0.25, 0.3) is 5.91 Å². The number of amides is 1. The number of benzene rings is 3. The second-order valence-corrected chi connectivity index (χ2v) is 9.62. The highest BCUT2D eigenvalue weighted by Gasteiger charge is 2.46. The van der Waals surface area contributed by atoms with Crippen LogP contribution in [0.3, 0.4) is 0 Å². The molecular formula is C28H32N2O2. The van der Waals surface area contributed by atoms with Crippen LogP contribution in [0, 0.1) is 6.92 Å². The van der Waals surface area contributed by atoms with Crippen LogP contribution in [0.1, 0.15) is 54.6 Å². The largest absolute Gasteiger partial charge is 0.492 e. The molecule has 0 radical (unpaired) electrons. The van der Waals surface area contributed by atoms with Crippen LogP contribution in [0.2, 0.25) is 0 Å². The van der Waals surface area contributed by atoms with E-state index in [0.29, 0.717) is 24.3 Å². The van der Waals surface area contributed by atoms with E-state index in [1.807, 2.05) is 25.1 Å². The topological polar surface area (TPSA) is 41.6 Å². The minimum atomic E-state index is -0.273. The minimum Gasteiger partial charge on any atom is -0.492 e. The van der Waals surface area contributed by atoms with Gasteiger partial charge in [0.2, 0.25) is 0 Å². The summed E-state index contributed by atoms with van der Waals surface area (Å²) in [6, 6.07) is 21.7. The molecule has 166 valence electrons. The zero-order chi connectivity index (χ0) is 22.3. The number of carbonyl (C=O) groups is 1. The molecule has 1 heterocycles. The monoisotopic (exact) mass is 428 g/mol. The fraction of sp³-hybridized carbons (Fsp3) is 0.393. The van der Waals surface area contributed by atoms with Gasteiger partial charge in [-0.05, 0) is 74.1 Å². The second-order valence-electron chi connectivity index (χ2n) is 9.62. The Morgan fingerprint density at radius 2 is 1.91 bits per heavy atom. The number of nitrogens with zero attached hydrogens (tertiary/aromatic N) is 1. The summed E-state index contributed by atoms with van der Waals surface area (Å²) in [4.78, 5) is 15.8. The lowest BCUT2D eigenvalue weighted by molar-refractivity contribution is 0.0241. The van der Waals surface area contributed by atoms with Crippen molar-refractivity contribution >= 4 is 16.7 Å². The Balaban J connectivity index is 1.33. The predicted molar refractivity (Wildman–Crippen MR) is 129 cm³/mol. The molecule has 2 aliphatic rings. The van der Waals surface area contributed by atoms with Gasteiger partial charge < -0.3 is 10.1 Å². The summed E-state index contributed by atoms with van der Waals surface area (Å²) in [5.74, 6) is 0.747. The molecule has 4 nitrogen and oxygen atoms in total. The van der Waals surface area contributed by atoms with Gasteiger partial charge in [-0.3, -0.25) is 9.69 Å². The summed E-state index contributed by atoms with van der Waals surface area (Å²) < 4.78 is 6.10. The lowest BCUT2D eigenvalue weighted by Crippen LogP contribution is -2.54. The highest BCUT2D eigenvalue weighted by Crippen LogP contribution is 2.48. The fourth-order valence-corrected chi connectivity index (χ4v) is 4.96. The SMILES string of the molecule is Cc1ccc(OCC2CCN2C(C)C)cc1C(=O)NC1(c2cccc3ccccc23)CC1. The van der Waals surface area contributed by atoms with Gasteiger partial charge in [-0.2, -0.15) is 0 Å². The Morgan fingerprint density at radius 1 is 1.12 bits per heavy atom. The van der Waals surface area contributed by atoms with Crippen LogP contribution >= 0.6 is 0 Å². The average Bonchev–Trinajstić information content (AvgIpc) is 3.53. The second kappa shape index (κ2) is 8.25. The maximum Gasteiger partial charge on any atom is 0.252 e. The van der Waals surface area contributed by atoms with E-state index in [2.05, 4.69) is 66.5 Å². The summed E-state index contributed by atoms with van der Waals surface area (Å²) >= 11 is 0. The van der Waals surface area contributed by atoms with Crippen molar-refractivity contribution in [3.05, 3.63) is 77.4 Å². The third-order valence-corrected chi connectivity index (χ3v) is 7.16. The smallest absolute Gasteiger partial charge is 0.252 e. The number of rotatable bonds is 7. The Hall–Kier alpha value is -2.85. The van der Waals surface area contributed by atoms with E-state index in [9.17, 15) is 4.79 Å². The molecule has 0 bridgehead atoms. The molecule has 1 aliphatic heterocycles. The van der Waals surface area contributed by atoms with E-state index in [1.165, 1.54) is 22.8 Å². The van der Waals surface area contributed by atoms with Crippen LogP contribution in [0.5, 0.6) is 5.75 Å². The molecule has 32 heavy (non-hydrogen) atoms. The molecule has 1 unspecified atom stereocenters. The fourth-order valence-electron chi connectivity index (χ4n) is 4.96. The van der Waals surface area contributed by atoms with Gasteiger partial charge in [0.1, 0.15) is 12.4 Å². The number of nitrogens with one attached hydrogen (secondary N) is 1.